The van der Waals surface area contributed by atoms with Crippen molar-refractivity contribution in [2.24, 2.45) is 7.05 Å². The van der Waals surface area contributed by atoms with Gasteiger partial charge in [-0.05, 0) is 0 Å². The molecule has 0 fully saturated rings. The smallest absolute Gasteiger partial charge is 0.300 e. The average Bonchev–Trinajstić information content (AvgIpc) is 2.12. The molecule has 0 aliphatic rings. The third-order valence-electron chi connectivity index (χ3n) is 1.56. The fraction of sp³-hybridized carbons (Fsp3) is 0.143. The summed E-state index contributed by atoms with van der Waals surface area (Å²) in [6, 6.07) is 0. The topological polar surface area (TPSA) is 60.7 Å². The molecule has 0 saturated heterocycles. The molecule has 0 aliphatic heterocycles. The molecule has 0 radical (unpaired) electrons. The lowest BCUT2D eigenvalue weighted by atomic mass is 10.5. The second-order valence-corrected chi connectivity index (χ2v) is 2.39. The van der Waals surface area contributed by atoms with E-state index < -0.39 is 0 Å². The van der Waals surface area contributed by atoms with Crippen molar-refractivity contribution in [1.29, 1.82) is 0 Å². The van der Waals surface area contributed by atoms with Crippen LogP contribution in [0.1, 0.15) is 0 Å². The number of rotatable bonds is 0. The molecule has 12 heavy (non-hydrogen) atoms. The highest BCUT2D eigenvalue weighted by molar-refractivity contribution is 5.67. The summed E-state index contributed by atoms with van der Waals surface area (Å²) in [5.41, 5.74) is 0.524. The predicted octanol–water partition coefficient (Wildman–Crippen LogP) is -0.276. The monoisotopic (exact) mass is 162 g/mol. The van der Waals surface area contributed by atoms with Crippen LogP contribution in [0, 0.1) is 0 Å². The van der Waals surface area contributed by atoms with Crippen molar-refractivity contribution in [2.45, 2.75) is 0 Å². The van der Waals surface area contributed by atoms with Crippen LogP contribution in [0.2, 0.25) is 0 Å². The summed E-state index contributed by atoms with van der Waals surface area (Å²) in [6.07, 6.45) is 4.45. The highest BCUT2D eigenvalue weighted by Gasteiger charge is 2.01. The number of aromatic nitrogens is 4. The molecular formula is C7H6N4O. The third-order valence-corrected chi connectivity index (χ3v) is 1.56. The molecule has 2 aromatic rings. The van der Waals surface area contributed by atoms with Gasteiger partial charge in [0, 0.05) is 19.4 Å². The van der Waals surface area contributed by atoms with Gasteiger partial charge in [0.05, 0.1) is 0 Å². The first-order chi connectivity index (χ1) is 5.79. The minimum atomic E-state index is -0.337. The van der Waals surface area contributed by atoms with E-state index in [4.69, 9.17) is 0 Å². The maximum Gasteiger partial charge on any atom is 0.300 e. The van der Waals surface area contributed by atoms with Crippen LogP contribution in [0.25, 0.3) is 11.2 Å². The summed E-state index contributed by atoms with van der Waals surface area (Å²) in [5, 5.41) is 0. The van der Waals surface area contributed by atoms with E-state index >= 15 is 0 Å². The van der Waals surface area contributed by atoms with Crippen LogP contribution >= 0.6 is 0 Å². The maximum atomic E-state index is 11.1. The van der Waals surface area contributed by atoms with E-state index in [1.165, 1.54) is 12.5 Å². The first-order valence-corrected chi connectivity index (χ1v) is 3.41. The van der Waals surface area contributed by atoms with Gasteiger partial charge < -0.3 is 4.57 Å². The molecule has 5 heteroatoms. The van der Waals surface area contributed by atoms with Crippen LogP contribution in [0.5, 0.6) is 0 Å². The molecule has 0 N–H and O–H groups in total. The molecule has 0 bridgehead atoms. The van der Waals surface area contributed by atoms with Crippen LogP contribution in [0.4, 0.5) is 0 Å². The van der Waals surface area contributed by atoms with Crippen molar-refractivity contribution in [2.75, 3.05) is 0 Å². The van der Waals surface area contributed by atoms with Crippen LogP contribution in [0.15, 0.2) is 23.5 Å². The zero-order chi connectivity index (χ0) is 8.55. The van der Waals surface area contributed by atoms with Gasteiger partial charge in [0.2, 0.25) is 0 Å². The number of aryl methyl sites for hydroxylation is 1. The first kappa shape index (κ1) is 6.90. The lowest BCUT2D eigenvalue weighted by Crippen LogP contribution is -2.12. The summed E-state index contributed by atoms with van der Waals surface area (Å²) in [5.74, 6) is 0. The van der Waals surface area contributed by atoms with Gasteiger partial charge in [-0.15, -0.1) is 0 Å². The largest absolute Gasteiger partial charge is 0.318 e. The average molecular weight is 162 g/mol. The van der Waals surface area contributed by atoms with Crippen LogP contribution in [-0.2, 0) is 7.05 Å². The molecule has 60 valence electrons. The highest BCUT2D eigenvalue weighted by atomic mass is 16.1. The lowest BCUT2D eigenvalue weighted by molar-refractivity contribution is 0.877. The Morgan fingerprint density at radius 3 is 2.75 bits per heavy atom. The fourth-order valence-corrected chi connectivity index (χ4v) is 0.995. The van der Waals surface area contributed by atoms with E-state index in [0.29, 0.717) is 11.2 Å². The van der Waals surface area contributed by atoms with Gasteiger partial charge in [-0.1, -0.05) is 0 Å². The number of hydrogen-bond donors (Lipinski definition) is 0. The Balaban J connectivity index is 3.05. The minimum absolute atomic E-state index is 0.308. The Labute approximate surface area is 67.7 Å². The quantitative estimate of drug-likeness (QED) is 0.534. The molecule has 5 nitrogen and oxygen atoms in total. The van der Waals surface area contributed by atoms with Crippen LogP contribution < -0.4 is 5.56 Å². The van der Waals surface area contributed by atoms with Crippen molar-refractivity contribution >= 4 is 11.2 Å². The van der Waals surface area contributed by atoms with Crippen molar-refractivity contribution in [3.63, 3.8) is 0 Å². The van der Waals surface area contributed by atoms with Gasteiger partial charge in [-0.2, -0.15) is 4.98 Å². The van der Waals surface area contributed by atoms with Gasteiger partial charge in [-0.3, -0.25) is 4.79 Å². The van der Waals surface area contributed by atoms with Gasteiger partial charge in [0.25, 0.3) is 0 Å². The summed E-state index contributed by atoms with van der Waals surface area (Å²) < 4.78 is 1.66. The van der Waals surface area contributed by atoms with Crippen molar-refractivity contribution < 1.29 is 0 Å². The molecule has 0 aliphatic carbocycles. The second kappa shape index (κ2) is 2.37. The standard InChI is InChI=1S/C7H6N4O/c1-11-4-10-7(12)5-6(11)9-3-2-8-5/h2-4H,1H3. The summed E-state index contributed by atoms with van der Waals surface area (Å²) in [7, 11) is 1.77. The third kappa shape index (κ3) is 0.868. The first-order valence-electron chi connectivity index (χ1n) is 3.41. The van der Waals surface area contributed by atoms with Gasteiger partial charge in [-0.25, -0.2) is 9.97 Å². The van der Waals surface area contributed by atoms with Crippen LogP contribution in [-0.4, -0.2) is 19.5 Å². The lowest BCUT2D eigenvalue weighted by Gasteiger charge is -1.99. The molecular weight excluding hydrogens is 156 g/mol. The van der Waals surface area contributed by atoms with E-state index in [2.05, 4.69) is 15.0 Å². The van der Waals surface area contributed by atoms with E-state index in [1.54, 1.807) is 17.8 Å². The maximum absolute atomic E-state index is 11.1. The minimum Gasteiger partial charge on any atom is -0.318 e. The molecule has 0 saturated carbocycles. The molecule has 0 aromatic carbocycles. The Morgan fingerprint density at radius 1 is 1.25 bits per heavy atom. The highest BCUT2D eigenvalue weighted by Crippen LogP contribution is 1.97. The van der Waals surface area contributed by atoms with Crippen molar-refractivity contribution in [1.82, 2.24) is 19.5 Å². The van der Waals surface area contributed by atoms with E-state index in [0.717, 1.165) is 0 Å². The Bertz CT molecular complexity index is 476. The number of nitrogens with zero attached hydrogens (tertiary/aromatic N) is 4. The van der Waals surface area contributed by atoms with E-state index in [1.807, 2.05) is 0 Å². The number of fused-ring (bicyclic) bond motifs is 1. The Kier molecular flexibility index (Phi) is 1.36. The van der Waals surface area contributed by atoms with Crippen LogP contribution in [0.3, 0.4) is 0 Å². The molecule has 0 atom stereocenters. The SMILES string of the molecule is Cn1cnc(=O)c2nccnc21. The zero-order valence-electron chi connectivity index (χ0n) is 6.43. The molecule has 2 heterocycles. The van der Waals surface area contributed by atoms with Crippen molar-refractivity contribution in [3.8, 4) is 0 Å². The summed E-state index contributed by atoms with van der Waals surface area (Å²) in [4.78, 5) is 22.6. The Hall–Kier alpha value is -1.78. The molecule has 2 rings (SSSR count). The normalized spacial score (nSPS) is 10.4. The van der Waals surface area contributed by atoms with Crippen molar-refractivity contribution in [3.05, 3.63) is 29.1 Å². The predicted molar refractivity (Wildman–Crippen MR) is 42.6 cm³/mol. The molecule has 0 amide bonds. The molecule has 0 spiro atoms. The van der Waals surface area contributed by atoms with Gasteiger partial charge in [0.1, 0.15) is 6.33 Å². The molecule has 2 aromatic heterocycles. The summed E-state index contributed by atoms with van der Waals surface area (Å²) in [6.45, 7) is 0. The number of hydrogen-bond acceptors (Lipinski definition) is 4. The Morgan fingerprint density at radius 2 is 2.00 bits per heavy atom. The van der Waals surface area contributed by atoms with E-state index in [-0.39, 0.29) is 5.56 Å². The van der Waals surface area contributed by atoms with E-state index in [9.17, 15) is 4.79 Å². The fourth-order valence-electron chi connectivity index (χ4n) is 0.995. The second-order valence-electron chi connectivity index (χ2n) is 2.39. The zero-order valence-corrected chi connectivity index (χ0v) is 6.43. The van der Waals surface area contributed by atoms with Gasteiger partial charge >= 0.3 is 5.56 Å². The summed E-state index contributed by atoms with van der Waals surface area (Å²) >= 11 is 0. The molecule has 0 unspecified atom stereocenters. The van der Waals surface area contributed by atoms with Gasteiger partial charge in [0.15, 0.2) is 11.2 Å².